The highest BCUT2D eigenvalue weighted by atomic mass is 14.9. The summed E-state index contributed by atoms with van der Waals surface area (Å²) in [6.45, 7) is 6.46. The molecule has 3 nitrogen and oxygen atoms in total. The molecule has 0 spiro atoms. The largest absolute Gasteiger partial charge is 0.316 e. The average Bonchev–Trinajstić information content (AvgIpc) is 2.64. The highest BCUT2D eigenvalue weighted by Gasteiger charge is 2.17. The molecule has 76 valence electrons. The van der Waals surface area contributed by atoms with Crippen LogP contribution < -0.4 is 5.32 Å². The van der Waals surface area contributed by atoms with Gasteiger partial charge in [0.15, 0.2) is 0 Å². The van der Waals surface area contributed by atoms with E-state index < -0.39 is 0 Å². The smallest absolute Gasteiger partial charge is 0.115 e. The maximum absolute atomic E-state index is 4.25. The summed E-state index contributed by atoms with van der Waals surface area (Å²) in [7, 11) is 0. The molecule has 1 aromatic rings. The maximum atomic E-state index is 4.25. The van der Waals surface area contributed by atoms with Crippen LogP contribution in [0.15, 0.2) is 6.33 Å². The van der Waals surface area contributed by atoms with Gasteiger partial charge in [0.05, 0.1) is 0 Å². The Morgan fingerprint density at radius 3 is 2.64 bits per heavy atom. The van der Waals surface area contributed by atoms with E-state index in [-0.39, 0.29) is 0 Å². The normalized spacial score (nSPS) is 21.4. The topological polar surface area (TPSA) is 37.8 Å². The lowest BCUT2D eigenvalue weighted by molar-refractivity contribution is 0.573. The van der Waals surface area contributed by atoms with Crippen LogP contribution in [0.4, 0.5) is 0 Å². The number of aromatic nitrogens is 2. The van der Waals surface area contributed by atoms with E-state index in [0.29, 0.717) is 0 Å². The highest BCUT2D eigenvalue weighted by molar-refractivity contribution is 5.23. The second-order valence-electron chi connectivity index (χ2n) is 4.09. The lowest BCUT2D eigenvalue weighted by atomic mass is 9.97. The first-order valence-corrected chi connectivity index (χ1v) is 5.25. The third-order valence-electron chi connectivity index (χ3n) is 3.03. The molecular weight excluding hydrogens is 174 g/mol. The van der Waals surface area contributed by atoms with Crippen molar-refractivity contribution in [2.45, 2.75) is 26.7 Å². The van der Waals surface area contributed by atoms with Crippen molar-refractivity contribution in [3.05, 3.63) is 23.3 Å². The molecule has 1 atom stereocenters. The molecule has 0 saturated carbocycles. The van der Waals surface area contributed by atoms with E-state index in [1.54, 1.807) is 6.33 Å². The molecular formula is C11H17N3. The Bertz CT molecular complexity index is 296. The zero-order valence-electron chi connectivity index (χ0n) is 8.88. The Kier molecular flexibility index (Phi) is 2.77. The SMILES string of the molecule is Cc1ncnc(C)c1CC1CCNC1. The van der Waals surface area contributed by atoms with Crippen LogP contribution >= 0.6 is 0 Å². The predicted octanol–water partition coefficient (Wildman–Crippen LogP) is 1.25. The second-order valence-corrected chi connectivity index (χ2v) is 4.09. The first kappa shape index (κ1) is 9.59. The molecule has 1 saturated heterocycles. The van der Waals surface area contributed by atoms with Gasteiger partial charge in [-0.1, -0.05) is 0 Å². The molecule has 1 aromatic heterocycles. The van der Waals surface area contributed by atoms with Gasteiger partial charge in [-0.3, -0.25) is 0 Å². The van der Waals surface area contributed by atoms with Gasteiger partial charge < -0.3 is 5.32 Å². The summed E-state index contributed by atoms with van der Waals surface area (Å²) in [5, 5.41) is 3.39. The van der Waals surface area contributed by atoms with Gasteiger partial charge >= 0.3 is 0 Å². The van der Waals surface area contributed by atoms with Crippen molar-refractivity contribution in [3.63, 3.8) is 0 Å². The first-order valence-electron chi connectivity index (χ1n) is 5.25. The van der Waals surface area contributed by atoms with Crippen molar-refractivity contribution in [1.29, 1.82) is 0 Å². The molecule has 1 aliphatic rings. The van der Waals surface area contributed by atoms with Gasteiger partial charge in [0, 0.05) is 11.4 Å². The van der Waals surface area contributed by atoms with Gasteiger partial charge in [-0.2, -0.15) is 0 Å². The molecule has 2 heterocycles. The Labute approximate surface area is 85.0 Å². The van der Waals surface area contributed by atoms with Crippen molar-refractivity contribution in [2.75, 3.05) is 13.1 Å². The van der Waals surface area contributed by atoms with E-state index >= 15 is 0 Å². The zero-order valence-corrected chi connectivity index (χ0v) is 8.88. The van der Waals surface area contributed by atoms with E-state index in [4.69, 9.17) is 0 Å². The third-order valence-corrected chi connectivity index (χ3v) is 3.03. The fourth-order valence-electron chi connectivity index (χ4n) is 2.09. The monoisotopic (exact) mass is 191 g/mol. The van der Waals surface area contributed by atoms with Crippen LogP contribution in [0, 0.1) is 19.8 Å². The highest BCUT2D eigenvalue weighted by Crippen LogP contribution is 2.18. The fourth-order valence-corrected chi connectivity index (χ4v) is 2.09. The lowest BCUT2D eigenvalue weighted by Gasteiger charge is -2.11. The van der Waals surface area contributed by atoms with Crippen LogP contribution in [-0.4, -0.2) is 23.1 Å². The van der Waals surface area contributed by atoms with Crippen molar-refractivity contribution in [1.82, 2.24) is 15.3 Å². The predicted molar refractivity (Wildman–Crippen MR) is 56.2 cm³/mol. The summed E-state index contributed by atoms with van der Waals surface area (Å²) in [5.74, 6) is 0.776. The Hall–Kier alpha value is -0.960. The van der Waals surface area contributed by atoms with E-state index in [9.17, 15) is 0 Å². The molecule has 2 rings (SSSR count). The summed E-state index contributed by atoms with van der Waals surface area (Å²) < 4.78 is 0. The van der Waals surface area contributed by atoms with Gasteiger partial charge in [0.1, 0.15) is 6.33 Å². The van der Waals surface area contributed by atoms with E-state index in [0.717, 1.165) is 36.8 Å². The second kappa shape index (κ2) is 4.05. The molecule has 1 unspecified atom stereocenters. The van der Waals surface area contributed by atoms with E-state index in [1.807, 2.05) is 0 Å². The minimum absolute atomic E-state index is 0.776. The van der Waals surface area contributed by atoms with Gasteiger partial charge in [-0.15, -0.1) is 0 Å². The molecule has 0 aromatic carbocycles. The van der Waals surface area contributed by atoms with Crippen LogP contribution in [0.3, 0.4) is 0 Å². The van der Waals surface area contributed by atoms with E-state index in [1.165, 1.54) is 12.0 Å². The van der Waals surface area contributed by atoms with Crippen molar-refractivity contribution < 1.29 is 0 Å². The average molecular weight is 191 g/mol. The number of nitrogens with zero attached hydrogens (tertiary/aromatic N) is 2. The number of rotatable bonds is 2. The van der Waals surface area contributed by atoms with Gasteiger partial charge in [-0.05, 0) is 51.3 Å². The zero-order chi connectivity index (χ0) is 9.97. The molecule has 0 amide bonds. The van der Waals surface area contributed by atoms with Crippen LogP contribution in [0.1, 0.15) is 23.4 Å². The minimum Gasteiger partial charge on any atom is -0.316 e. The standard InChI is InChI=1S/C11H17N3/c1-8-11(9(2)14-7-13-8)5-10-3-4-12-6-10/h7,10,12H,3-6H2,1-2H3. The minimum atomic E-state index is 0.776. The molecule has 1 fully saturated rings. The fraction of sp³-hybridized carbons (Fsp3) is 0.636. The Balaban J connectivity index is 2.14. The molecule has 1 N–H and O–H groups in total. The van der Waals surface area contributed by atoms with Gasteiger partial charge in [0.2, 0.25) is 0 Å². The molecule has 3 heteroatoms. The quantitative estimate of drug-likeness (QED) is 0.764. The number of aryl methyl sites for hydroxylation is 2. The van der Waals surface area contributed by atoms with Crippen molar-refractivity contribution in [2.24, 2.45) is 5.92 Å². The third kappa shape index (κ3) is 1.93. The molecule has 14 heavy (non-hydrogen) atoms. The van der Waals surface area contributed by atoms with Crippen LogP contribution in [0.2, 0.25) is 0 Å². The van der Waals surface area contributed by atoms with Crippen LogP contribution in [-0.2, 0) is 6.42 Å². The summed E-state index contributed by atoms with van der Waals surface area (Å²) in [6, 6.07) is 0. The Morgan fingerprint density at radius 2 is 2.07 bits per heavy atom. The molecule has 0 aliphatic carbocycles. The number of hydrogen-bond donors (Lipinski definition) is 1. The number of nitrogens with one attached hydrogen (secondary N) is 1. The van der Waals surface area contributed by atoms with Crippen molar-refractivity contribution >= 4 is 0 Å². The summed E-state index contributed by atoms with van der Waals surface area (Å²) in [4.78, 5) is 8.50. The lowest BCUT2D eigenvalue weighted by Crippen LogP contribution is -2.12. The first-order chi connectivity index (χ1) is 6.77. The summed E-state index contributed by atoms with van der Waals surface area (Å²) in [5.41, 5.74) is 3.63. The summed E-state index contributed by atoms with van der Waals surface area (Å²) >= 11 is 0. The molecule has 0 bridgehead atoms. The van der Waals surface area contributed by atoms with Crippen molar-refractivity contribution in [3.8, 4) is 0 Å². The van der Waals surface area contributed by atoms with Gasteiger partial charge in [-0.25, -0.2) is 9.97 Å². The summed E-state index contributed by atoms with van der Waals surface area (Å²) in [6.07, 6.45) is 4.07. The number of hydrogen-bond acceptors (Lipinski definition) is 3. The Morgan fingerprint density at radius 1 is 1.36 bits per heavy atom. The maximum Gasteiger partial charge on any atom is 0.115 e. The molecule has 1 aliphatic heterocycles. The van der Waals surface area contributed by atoms with E-state index in [2.05, 4.69) is 29.1 Å². The van der Waals surface area contributed by atoms with Gasteiger partial charge in [0.25, 0.3) is 0 Å². The van der Waals surface area contributed by atoms with Crippen LogP contribution in [0.25, 0.3) is 0 Å². The van der Waals surface area contributed by atoms with Crippen LogP contribution in [0.5, 0.6) is 0 Å². The molecule has 0 radical (unpaired) electrons.